The topological polar surface area (TPSA) is 46.6 Å². The Kier molecular flexibility index (Phi) is 4.66. The lowest BCUT2D eigenvalue weighted by molar-refractivity contribution is -0.151. The maximum atomic E-state index is 12.3. The van der Waals surface area contributed by atoms with Crippen LogP contribution in [-0.4, -0.2) is 37.9 Å². The zero-order chi connectivity index (χ0) is 15.6. The molecule has 0 aromatic heterocycles. The van der Waals surface area contributed by atoms with Gasteiger partial charge in [-0.1, -0.05) is 24.3 Å². The monoisotopic (exact) mass is 321 g/mol. The Balaban J connectivity index is 1.58. The van der Waals surface area contributed by atoms with E-state index in [0.717, 1.165) is 25.8 Å². The number of rotatable bonds is 6. The van der Waals surface area contributed by atoms with Crippen LogP contribution in [0.15, 0.2) is 47.9 Å². The summed E-state index contributed by atoms with van der Waals surface area (Å²) < 4.78 is 24.6. The molecule has 2 bridgehead atoms. The second-order valence-corrected chi connectivity index (χ2v) is 8.20. The molecule has 0 amide bonds. The molecule has 0 N–H and O–H groups in total. The van der Waals surface area contributed by atoms with Gasteiger partial charge in [0, 0.05) is 18.5 Å². The molecule has 2 aliphatic rings. The molecule has 0 spiro atoms. The Morgan fingerprint density at radius 2 is 2.09 bits per heavy atom. The SMILES string of the molecule is C=C[C@H]1ON2CCC[C@H]1[C@@H]2CCCS(=O)(=O)c1ccccc1. The summed E-state index contributed by atoms with van der Waals surface area (Å²) in [7, 11) is -3.17. The number of nitrogens with zero attached hydrogens (tertiary/aromatic N) is 1. The fourth-order valence-electron chi connectivity index (χ4n) is 3.61. The van der Waals surface area contributed by atoms with E-state index in [-0.39, 0.29) is 11.9 Å². The third kappa shape index (κ3) is 3.12. The summed E-state index contributed by atoms with van der Waals surface area (Å²) in [4.78, 5) is 6.30. The molecule has 120 valence electrons. The summed E-state index contributed by atoms with van der Waals surface area (Å²) in [6.45, 7) is 4.79. The first-order chi connectivity index (χ1) is 10.6. The van der Waals surface area contributed by atoms with Crippen molar-refractivity contribution < 1.29 is 13.3 Å². The van der Waals surface area contributed by atoms with E-state index in [1.165, 1.54) is 0 Å². The molecule has 4 nitrogen and oxygen atoms in total. The van der Waals surface area contributed by atoms with Crippen molar-refractivity contribution in [1.82, 2.24) is 5.06 Å². The molecule has 1 aromatic carbocycles. The third-order valence-corrected chi connectivity index (χ3v) is 6.52. The summed E-state index contributed by atoms with van der Waals surface area (Å²) in [5, 5.41) is 2.05. The highest BCUT2D eigenvalue weighted by Crippen LogP contribution is 2.38. The van der Waals surface area contributed by atoms with E-state index < -0.39 is 9.84 Å². The van der Waals surface area contributed by atoms with Crippen molar-refractivity contribution in [3.8, 4) is 0 Å². The van der Waals surface area contributed by atoms with Gasteiger partial charge in [-0.3, -0.25) is 4.84 Å². The fourth-order valence-corrected chi connectivity index (χ4v) is 4.96. The molecule has 4 atom stereocenters. The molecular weight excluding hydrogens is 298 g/mol. The maximum absolute atomic E-state index is 12.3. The Morgan fingerprint density at radius 1 is 1.32 bits per heavy atom. The van der Waals surface area contributed by atoms with E-state index in [2.05, 4.69) is 11.6 Å². The normalized spacial score (nSPS) is 31.1. The lowest BCUT2D eigenvalue weighted by Gasteiger charge is -2.30. The van der Waals surface area contributed by atoms with Gasteiger partial charge in [-0.15, -0.1) is 6.58 Å². The van der Waals surface area contributed by atoms with Gasteiger partial charge in [0.25, 0.3) is 0 Å². The van der Waals surface area contributed by atoms with Crippen molar-refractivity contribution in [3.05, 3.63) is 43.0 Å². The lowest BCUT2D eigenvalue weighted by atomic mass is 9.85. The van der Waals surface area contributed by atoms with E-state index in [9.17, 15) is 8.42 Å². The first-order valence-corrected chi connectivity index (χ1v) is 9.61. The quantitative estimate of drug-likeness (QED) is 0.756. The van der Waals surface area contributed by atoms with Crippen LogP contribution in [0.2, 0.25) is 0 Å². The van der Waals surface area contributed by atoms with E-state index >= 15 is 0 Å². The van der Waals surface area contributed by atoms with E-state index in [1.54, 1.807) is 24.3 Å². The number of hydrogen-bond acceptors (Lipinski definition) is 4. The van der Waals surface area contributed by atoms with Crippen LogP contribution in [-0.2, 0) is 14.7 Å². The molecule has 0 radical (unpaired) electrons. The molecule has 0 aliphatic carbocycles. The second kappa shape index (κ2) is 6.52. The number of benzene rings is 1. The Bertz CT molecular complexity index is 614. The summed E-state index contributed by atoms with van der Waals surface area (Å²) in [6, 6.07) is 9.03. The van der Waals surface area contributed by atoms with Gasteiger partial charge in [0.15, 0.2) is 9.84 Å². The van der Waals surface area contributed by atoms with Crippen molar-refractivity contribution in [3.63, 3.8) is 0 Å². The molecule has 5 heteroatoms. The van der Waals surface area contributed by atoms with Crippen LogP contribution in [0.4, 0.5) is 0 Å². The highest BCUT2D eigenvalue weighted by Gasteiger charge is 2.43. The average molecular weight is 321 g/mol. The van der Waals surface area contributed by atoms with Crippen molar-refractivity contribution in [2.45, 2.75) is 42.7 Å². The minimum absolute atomic E-state index is 0.0956. The molecule has 1 aromatic rings. The Labute approximate surface area is 132 Å². The summed E-state index contributed by atoms with van der Waals surface area (Å²) >= 11 is 0. The lowest BCUT2D eigenvalue weighted by Crippen LogP contribution is -2.37. The first kappa shape index (κ1) is 15.7. The molecule has 2 heterocycles. The van der Waals surface area contributed by atoms with Gasteiger partial charge in [-0.2, -0.15) is 5.06 Å². The number of hydroxylamine groups is 2. The van der Waals surface area contributed by atoms with Gasteiger partial charge in [-0.05, 0) is 37.8 Å². The van der Waals surface area contributed by atoms with Crippen LogP contribution in [0, 0.1) is 5.92 Å². The molecule has 2 fully saturated rings. The van der Waals surface area contributed by atoms with Crippen LogP contribution in [0.3, 0.4) is 0 Å². The van der Waals surface area contributed by atoms with E-state index in [4.69, 9.17) is 4.84 Å². The predicted octanol–water partition coefficient (Wildman–Crippen LogP) is 2.82. The summed E-state index contributed by atoms with van der Waals surface area (Å²) in [5.74, 6) is 0.665. The summed E-state index contributed by atoms with van der Waals surface area (Å²) in [5.41, 5.74) is 0. The number of fused-ring (bicyclic) bond motifs is 2. The molecule has 22 heavy (non-hydrogen) atoms. The highest BCUT2D eigenvalue weighted by atomic mass is 32.2. The van der Waals surface area contributed by atoms with Crippen LogP contribution in [0.5, 0.6) is 0 Å². The number of piperidine rings is 1. The van der Waals surface area contributed by atoms with Gasteiger partial charge < -0.3 is 0 Å². The van der Waals surface area contributed by atoms with Crippen molar-refractivity contribution in [1.29, 1.82) is 0 Å². The minimum atomic E-state index is -3.17. The Morgan fingerprint density at radius 3 is 2.82 bits per heavy atom. The number of hydrogen-bond donors (Lipinski definition) is 0. The van der Waals surface area contributed by atoms with Gasteiger partial charge in [0.1, 0.15) is 6.10 Å². The van der Waals surface area contributed by atoms with Crippen LogP contribution < -0.4 is 0 Å². The van der Waals surface area contributed by atoms with Crippen LogP contribution in [0.1, 0.15) is 25.7 Å². The highest BCUT2D eigenvalue weighted by molar-refractivity contribution is 7.91. The Hall–Kier alpha value is -1.17. The van der Waals surface area contributed by atoms with Crippen LogP contribution in [0.25, 0.3) is 0 Å². The largest absolute Gasteiger partial charge is 0.291 e. The molecule has 2 saturated heterocycles. The smallest absolute Gasteiger partial charge is 0.178 e. The maximum Gasteiger partial charge on any atom is 0.178 e. The van der Waals surface area contributed by atoms with Gasteiger partial charge in [0.2, 0.25) is 0 Å². The standard InChI is InChI=1S/C17H23NO3S/c1-2-17-15-10-6-12-18(21-17)16(15)11-7-13-22(19,20)14-8-4-3-5-9-14/h2-5,8-9,15-17H,1,6-7,10-13H2/t15-,16-,17+/m0/s1. The molecule has 0 saturated carbocycles. The van der Waals surface area contributed by atoms with Crippen molar-refractivity contribution in [2.24, 2.45) is 5.92 Å². The first-order valence-electron chi connectivity index (χ1n) is 7.95. The predicted molar refractivity (Wildman–Crippen MR) is 86.0 cm³/mol. The van der Waals surface area contributed by atoms with Crippen LogP contribution >= 0.6 is 0 Å². The average Bonchev–Trinajstić information content (AvgIpc) is 2.72. The third-order valence-electron chi connectivity index (χ3n) is 4.71. The molecule has 2 aliphatic heterocycles. The van der Waals surface area contributed by atoms with Gasteiger partial charge >= 0.3 is 0 Å². The second-order valence-electron chi connectivity index (χ2n) is 6.09. The minimum Gasteiger partial charge on any atom is -0.291 e. The van der Waals surface area contributed by atoms with Gasteiger partial charge in [0.05, 0.1) is 10.6 Å². The zero-order valence-corrected chi connectivity index (χ0v) is 13.5. The summed E-state index contributed by atoms with van der Waals surface area (Å²) in [6.07, 6.45) is 5.79. The fraction of sp³-hybridized carbons (Fsp3) is 0.529. The van der Waals surface area contributed by atoms with E-state index in [1.807, 2.05) is 12.1 Å². The van der Waals surface area contributed by atoms with E-state index in [0.29, 0.717) is 23.3 Å². The molecular formula is C17H23NO3S. The zero-order valence-electron chi connectivity index (χ0n) is 12.7. The molecule has 1 unspecified atom stereocenters. The number of sulfone groups is 1. The van der Waals surface area contributed by atoms with Gasteiger partial charge in [-0.25, -0.2) is 8.42 Å². The van der Waals surface area contributed by atoms with Crippen molar-refractivity contribution in [2.75, 3.05) is 12.3 Å². The van der Waals surface area contributed by atoms with Crippen molar-refractivity contribution >= 4 is 9.84 Å². The molecule has 3 rings (SSSR count).